The monoisotopic (exact) mass is 332 g/mol. The summed E-state index contributed by atoms with van der Waals surface area (Å²) in [4.78, 5) is 25.0. The standard InChI is InChI=1S/C18H11ClF2O2/c1-9-13(6-10-2-5-16(21)15(19)7-10)18(23)12-4-3-11(20)8-14(12)17(9)22/h2-5,7-8H,6H2,1H3. The fourth-order valence-electron chi connectivity index (χ4n) is 2.64. The predicted octanol–water partition coefficient (Wildman–Crippen LogP) is 4.56. The molecular formula is C18H11ClF2O2. The number of hydrogen-bond donors (Lipinski definition) is 0. The first kappa shape index (κ1) is 15.6. The second-order valence-corrected chi connectivity index (χ2v) is 5.78. The van der Waals surface area contributed by atoms with Gasteiger partial charge in [0.15, 0.2) is 11.6 Å². The van der Waals surface area contributed by atoms with E-state index in [0.29, 0.717) is 11.1 Å². The summed E-state index contributed by atoms with van der Waals surface area (Å²) in [7, 11) is 0. The molecule has 116 valence electrons. The number of ketones is 2. The highest BCUT2D eigenvalue weighted by atomic mass is 35.5. The number of rotatable bonds is 2. The SMILES string of the molecule is CC1=C(Cc2ccc(F)c(Cl)c2)C(=O)c2ccc(F)cc2C1=O. The zero-order chi connectivity index (χ0) is 16.7. The van der Waals surface area contributed by atoms with Crippen molar-refractivity contribution in [2.45, 2.75) is 13.3 Å². The van der Waals surface area contributed by atoms with E-state index in [1.165, 1.54) is 31.2 Å². The molecule has 0 N–H and O–H groups in total. The van der Waals surface area contributed by atoms with Gasteiger partial charge in [-0.25, -0.2) is 8.78 Å². The molecule has 0 heterocycles. The Morgan fingerprint density at radius 1 is 0.957 bits per heavy atom. The minimum Gasteiger partial charge on any atom is -0.289 e. The van der Waals surface area contributed by atoms with Gasteiger partial charge in [-0.1, -0.05) is 17.7 Å². The minimum absolute atomic E-state index is 0.0437. The van der Waals surface area contributed by atoms with Gasteiger partial charge in [-0.15, -0.1) is 0 Å². The highest BCUT2D eigenvalue weighted by Crippen LogP contribution is 2.29. The number of hydrogen-bond acceptors (Lipinski definition) is 2. The Morgan fingerprint density at radius 2 is 1.70 bits per heavy atom. The molecule has 0 fully saturated rings. The van der Waals surface area contributed by atoms with Gasteiger partial charge in [0.2, 0.25) is 0 Å². The van der Waals surface area contributed by atoms with Crippen LogP contribution in [0.4, 0.5) is 8.78 Å². The zero-order valence-corrected chi connectivity index (χ0v) is 12.9. The number of fused-ring (bicyclic) bond motifs is 1. The third kappa shape index (κ3) is 2.70. The molecule has 2 aromatic rings. The molecule has 0 saturated carbocycles. The van der Waals surface area contributed by atoms with Crippen LogP contribution in [0.2, 0.25) is 5.02 Å². The number of carbonyl (C=O) groups is 2. The van der Waals surface area contributed by atoms with Crippen molar-refractivity contribution in [3.63, 3.8) is 0 Å². The third-order valence-corrected chi connectivity index (χ3v) is 4.19. The topological polar surface area (TPSA) is 34.1 Å². The Morgan fingerprint density at radius 3 is 2.39 bits per heavy atom. The first-order valence-corrected chi connectivity index (χ1v) is 7.29. The second kappa shape index (κ2) is 5.70. The Balaban J connectivity index is 2.04. The summed E-state index contributed by atoms with van der Waals surface area (Å²) >= 11 is 5.75. The normalized spacial score (nSPS) is 14.3. The average molecular weight is 333 g/mol. The number of benzene rings is 2. The maximum absolute atomic E-state index is 13.3. The van der Waals surface area contributed by atoms with Crippen LogP contribution in [-0.2, 0) is 6.42 Å². The van der Waals surface area contributed by atoms with Gasteiger partial charge < -0.3 is 0 Å². The van der Waals surface area contributed by atoms with Crippen molar-refractivity contribution in [2.75, 3.05) is 0 Å². The Bertz CT molecular complexity index is 885. The van der Waals surface area contributed by atoms with Gasteiger partial charge >= 0.3 is 0 Å². The minimum atomic E-state index is -0.563. The van der Waals surface area contributed by atoms with Crippen molar-refractivity contribution in [3.05, 3.63) is 80.9 Å². The molecule has 0 aromatic heterocycles. The van der Waals surface area contributed by atoms with E-state index >= 15 is 0 Å². The van der Waals surface area contributed by atoms with E-state index in [9.17, 15) is 18.4 Å². The van der Waals surface area contributed by atoms with E-state index in [1.807, 2.05) is 0 Å². The smallest absolute Gasteiger partial charge is 0.190 e. The molecule has 3 rings (SSSR count). The predicted molar refractivity (Wildman–Crippen MR) is 82.9 cm³/mol. The van der Waals surface area contributed by atoms with E-state index in [2.05, 4.69) is 0 Å². The van der Waals surface area contributed by atoms with Gasteiger partial charge in [0, 0.05) is 28.7 Å². The van der Waals surface area contributed by atoms with Crippen LogP contribution in [0.3, 0.4) is 0 Å². The van der Waals surface area contributed by atoms with Gasteiger partial charge in [0.25, 0.3) is 0 Å². The summed E-state index contributed by atoms with van der Waals surface area (Å²) in [5, 5.41) is -0.0437. The van der Waals surface area contributed by atoms with Crippen LogP contribution in [0.15, 0.2) is 47.5 Å². The maximum atomic E-state index is 13.3. The highest BCUT2D eigenvalue weighted by molar-refractivity contribution is 6.30. The van der Waals surface area contributed by atoms with Crippen LogP contribution in [0.5, 0.6) is 0 Å². The summed E-state index contributed by atoms with van der Waals surface area (Å²) in [5.41, 5.74) is 1.47. The lowest BCUT2D eigenvalue weighted by Crippen LogP contribution is -2.22. The molecule has 2 aromatic carbocycles. The molecule has 1 aliphatic carbocycles. The van der Waals surface area contributed by atoms with E-state index in [4.69, 9.17) is 11.6 Å². The lowest BCUT2D eigenvalue weighted by Gasteiger charge is -2.19. The fourth-order valence-corrected chi connectivity index (χ4v) is 2.84. The Hall–Kier alpha value is -2.33. The third-order valence-electron chi connectivity index (χ3n) is 3.90. The lowest BCUT2D eigenvalue weighted by atomic mass is 9.82. The molecule has 23 heavy (non-hydrogen) atoms. The Labute approximate surface area is 136 Å². The molecule has 0 amide bonds. The largest absolute Gasteiger partial charge is 0.289 e. The molecule has 0 bridgehead atoms. The number of halogens is 3. The molecular weight excluding hydrogens is 322 g/mol. The molecule has 0 atom stereocenters. The maximum Gasteiger partial charge on any atom is 0.190 e. The molecule has 0 unspecified atom stereocenters. The van der Waals surface area contributed by atoms with Crippen LogP contribution in [0.25, 0.3) is 0 Å². The van der Waals surface area contributed by atoms with Gasteiger partial charge in [-0.3, -0.25) is 9.59 Å². The Kier molecular flexibility index (Phi) is 3.86. The van der Waals surface area contributed by atoms with E-state index in [0.717, 1.165) is 12.1 Å². The first-order valence-electron chi connectivity index (χ1n) is 6.91. The van der Waals surface area contributed by atoms with Crippen molar-refractivity contribution in [1.29, 1.82) is 0 Å². The quantitative estimate of drug-likeness (QED) is 0.808. The molecule has 0 radical (unpaired) electrons. The fraction of sp³-hybridized carbons (Fsp3) is 0.111. The van der Waals surface area contributed by atoms with E-state index in [1.54, 1.807) is 0 Å². The summed E-state index contributed by atoms with van der Waals surface area (Å²) < 4.78 is 26.5. The number of allylic oxidation sites excluding steroid dienone is 2. The van der Waals surface area contributed by atoms with E-state index < -0.39 is 11.6 Å². The van der Waals surface area contributed by atoms with E-state index in [-0.39, 0.29) is 39.7 Å². The summed E-state index contributed by atoms with van der Waals surface area (Å²) in [5.74, 6) is -1.81. The first-order chi connectivity index (χ1) is 10.9. The number of Topliss-reactive ketones (excluding diaryl/α,β-unsaturated/α-hetero) is 2. The molecule has 0 spiro atoms. The zero-order valence-electron chi connectivity index (χ0n) is 12.1. The molecule has 0 aliphatic heterocycles. The van der Waals surface area contributed by atoms with Crippen molar-refractivity contribution in [2.24, 2.45) is 0 Å². The molecule has 2 nitrogen and oxygen atoms in total. The second-order valence-electron chi connectivity index (χ2n) is 5.38. The lowest BCUT2D eigenvalue weighted by molar-refractivity contribution is 0.0972. The average Bonchev–Trinajstić information content (AvgIpc) is 2.52. The summed E-state index contributed by atoms with van der Waals surface area (Å²) in [6, 6.07) is 7.69. The van der Waals surface area contributed by atoms with Gasteiger partial charge in [0.05, 0.1) is 5.02 Å². The van der Waals surface area contributed by atoms with Crippen molar-refractivity contribution in [3.8, 4) is 0 Å². The van der Waals surface area contributed by atoms with Gasteiger partial charge in [-0.05, 0) is 42.8 Å². The van der Waals surface area contributed by atoms with Crippen molar-refractivity contribution < 1.29 is 18.4 Å². The molecule has 5 heteroatoms. The van der Waals surface area contributed by atoms with Gasteiger partial charge in [-0.2, -0.15) is 0 Å². The van der Waals surface area contributed by atoms with Gasteiger partial charge in [0.1, 0.15) is 11.6 Å². The molecule has 1 aliphatic rings. The highest BCUT2D eigenvalue weighted by Gasteiger charge is 2.30. The molecule has 0 saturated heterocycles. The summed E-state index contributed by atoms with van der Waals surface area (Å²) in [6.07, 6.45) is 0.160. The van der Waals surface area contributed by atoms with Crippen LogP contribution >= 0.6 is 11.6 Å². The van der Waals surface area contributed by atoms with Crippen LogP contribution in [0.1, 0.15) is 33.2 Å². The summed E-state index contributed by atoms with van der Waals surface area (Å²) in [6.45, 7) is 1.54. The van der Waals surface area contributed by atoms with Crippen molar-refractivity contribution in [1.82, 2.24) is 0 Å². The van der Waals surface area contributed by atoms with Crippen molar-refractivity contribution >= 4 is 23.2 Å². The number of carbonyl (C=O) groups excluding carboxylic acids is 2. The van der Waals surface area contributed by atoms with Crippen LogP contribution in [0, 0.1) is 11.6 Å². The van der Waals surface area contributed by atoms with Crippen LogP contribution < -0.4 is 0 Å². The van der Waals surface area contributed by atoms with Crippen LogP contribution in [-0.4, -0.2) is 11.6 Å².